The van der Waals surface area contributed by atoms with E-state index in [1.54, 1.807) is 4.90 Å². The zero-order valence-corrected chi connectivity index (χ0v) is 15.6. The Morgan fingerprint density at radius 2 is 1.67 bits per heavy atom. The molecule has 1 amide bonds. The summed E-state index contributed by atoms with van der Waals surface area (Å²) in [6, 6.07) is 18.9. The van der Waals surface area contributed by atoms with Crippen LogP contribution in [-0.2, 0) is 12.0 Å². The molecule has 6 rings (SSSR count). The van der Waals surface area contributed by atoms with Crippen molar-refractivity contribution < 1.29 is 9.90 Å². The smallest absolute Gasteiger partial charge is 0.408 e. The molecule has 1 N–H and O–H groups in total. The fourth-order valence-electron chi connectivity index (χ4n) is 5.97. The molecular formula is C23H26N2O2. The Morgan fingerprint density at radius 1 is 0.963 bits per heavy atom. The zero-order valence-electron chi connectivity index (χ0n) is 15.6. The van der Waals surface area contributed by atoms with Gasteiger partial charge in [-0.1, -0.05) is 54.6 Å². The van der Waals surface area contributed by atoms with Crippen LogP contribution in [0.4, 0.5) is 4.79 Å². The van der Waals surface area contributed by atoms with Crippen molar-refractivity contribution in [2.45, 2.75) is 24.8 Å². The van der Waals surface area contributed by atoms with E-state index in [9.17, 15) is 9.90 Å². The molecular weight excluding hydrogens is 336 g/mol. The van der Waals surface area contributed by atoms with Gasteiger partial charge in [0.15, 0.2) is 0 Å². The van der Waals surface area contributed by atoms with Crippen LogP contribution in [0.15, 0.2) is 54.6 Å². The maximum absolute atomic E-state index is 12.5. The number of carbonyl (C=O) groups is 1. The Hall–Kier alpha value is -2.33. The number of piperidine rings is 3. The number of nitrogens with zero attached hydrogens (tertiary/aromatic N) is 2. The third-order valence-corrected chi connectivity index (χ3v) is 7.10. The minimum absolute atomic E-state index is 0.292. The van der Waals surface area contributed by atoms with E-state index >= 15 is 0 Å². The number of hydrogen-bond acceptors (Lipinski definition) is 2. The van der Waals surface area contributed by atoms with Gasteiger partial charge in [0.2, 0.25) is 0 Å². The van der Waals surface area contributed by atoms with Crippen LogP contribution in [-0.4, -0.2) is 47.2 Å². The van der Waals surface area contributed by atoms with Gasteiger partial charge in [0.05, 0.1) is 0 Å². The summed E-state index contributed by atoms with van der Waals surface area (Å²) in [5.74, 6) is 0.864. The van der Waals surface area contributed by atoms with Gasteiger partial charge in [0, 0.05) is 19.0 Å². The molecule has 27 heavy (non-hydrogen) atoms. The molecule has 4 aliphatic heterocycles. The van der Waals surface area contributed by atoms with E-state index in [0.717, 1.165) is 31.6 Å². The van der Waals surface area contributed by atoms with Crippen LogP contribution in [0.3, 0.4) is 0 Å². The van der Waals surface area contributed by atoms with Crippen molar-refractivity contribution >= 4 is 6.09 Å². The van der Waals surface area contributed by atoms with Gasteiger partial charge in [-0.05, 0) is 55.0 Å². The Balaban J connectivity index is 1.79. The summed E-state index contributed by atoms with van der Waals surface area (Å²) >= 11 is 0. The second-order valence-electron chi connectivity index (χ2n) is 8.22. The first-order valence-corrected chi connectivity index (χ1v) is 10.1. The summed E-state index contributed by atoms with van der Waals surface area (Å²) in [7, 11) is 0. The number of carboxylic acid groups (broad SMARTS) is 1. The maximum Gasteiger partial charge on any atom is 0.408 e. The maximum atomic E-state index is 12.5. The molecule has 0 aliphatic carbocycles. The van der Waals surface area contributed by atoms with Crippen molar-refractivity contribution in [3.05, 3.63) is 71.3 Å². The molecule has 140 valence electrons. The van der Waals surface area contributed by atoms with Crippen LogP contribution in [0.1, 0.15) is 29.5 Å². The van der Waals surface area contributed by atoms with Crippen molar-refractivity contribution in [2.24, 2.45) is 11.8 Å². The normalized spacial score (nSPS) is 32.1. The van der Waals surface area contributed by atoms with Gasteiger partial charge in [-0.15, -0.1) is 0 Å². The van der Waals surface area contributed by atoms with Gasteiger partial charge < -0.3 is 10.0 Å². The van der Waals surface area contributed by atoms with Gasteiger partial charge >= 0.3 is 6.09 Å². The largest absolute Gasteiger partial charge is 0.465 e. The second kappa shape index (κ2) is 6.38. The number of rotatable bonds is 2. The van der Waals surface area contributed by atoms with Crippen molar-refractivity contribution in [2.75, 3.05) is 26.2 Å². The molecule has 0 spiro atoms. The molecule has 4 aliphatic rings. The molecule has 2 atom stereocenters. The Labute approximate surface area is 160 Å². The van der Waals surface area contributed by atoms with E-state index in [-0.39, 0.29) is 0 Å². The average Bonchev–Trinajstić information content (AvgIpc) is 2.74. The highest BCUT2D eigenvalue weighted by Gasteiger charge is 2.56. The molecule has 0 aromatic heterocycles. The molecule has 3 saturated heterocycles. The third kappa shape index (κ3) is 2.43. The first-order chi connectivity index (χ1) is 13.2. The van der Waals surface area contributed by atoms with E-state index in [1.807, 2.05) is 6.07 Å². The molecule has 4 heterocycles. The predicted molar refractivity (Wildman–Crippen MR) is 105 cm³/mol. The lowest BCUT2D eigenvalue weighted by Crippen LogP contribution is -2.64. The van der Waals surface area contributed by atoms with Crippen LogP contribution < -0.4 is 0 Å². The van der Waals surface area contributed by atoms with Crippen LogP contribution >= 0.6 is 0 Å². The lowest BCUT2D eigenvalue weighted by molar-refractivity contribution is -0.0422. The molecule has 0 radical (unpaired) electrons. The van der Waals surface area contributed by atoms with E-state index < -0.39 is 11.6 Å². The van der Waals surface area contributed by atoms with Crippen molar-refractivity contribution in [3.63, 3.8) is 0 Å². The fraction of sp³-hybridized carbons (Fsp3) is 0.435. The Bertz CT molecular complexity index is 844. The van der Waals surface area contributed by atoms with Crippen LogP contribution in [0, 0.1) is 11.8 Å². The SMILES string of the molecule is O=C(O)N1CCc2ccccc2[C@@]1(c1ccccc1)[C@H]1CN2CCC1CC2. The number of fused-ring (bicyclic) bond motifs is 4. The monoisotopic (exact) mass is 362 g/mol. The second-order valence-corrected chi connectivity index (χ2v) is 8.22. The van der Waals surface area contributed by atoms with Crippen LogP contribution in [0.2, 0.25) is 0 Å². The van der Waals surface area contributed by atoms with Crippen LogP contribution in [0.5, 0.6) is 0 Å². The fourth-order valence-corrected chi connectivity index (χ4v) is 5.97. The molecule has 4 nitrogen and oxygen atoms in total. The quantitative estimate of drug-likeness (QED) is 0.883. The topological polar surface area (TPSA) is 43.8 Å². The number of benzene rings is 2. The first kappa shape index (κ1) is 16.8. The van der Waals surface area contributed by atoms with Gasteiger partial charge in [0.1, 0.15) is 5.54 Å². The molecule has 4 heteroatoms. The van der Waals surface area contributed by atoms with Gasteiger partial charge in [0.25, 0.3) is 0 Å². The molecule has 2 aromatic carbocycles. The van der Waals surface area contributed by atoms with E-state index in [2.05, 4.69) is 53.4 Å². The Kier molecular flexibility index (Phi) is 3.97. The summed E-state index contributed by atoms with van der Waals surface area (Å²) in [4.78, 5) is 16.8. The number of amides is 1. The van der Waals surface area contributed by atoms with E-state index in [4.69, 9.17) is 0 Å². The molecule has 2 aromatic rings. The Morgan fingerprint density at radius 3 is 2.33 bits per heavy atom. The lowest BCUT2D eigenvalue weighted by atomic mass is 9.60. The van der Waals surface area contributed by atoms with E-state index in [0.29, 0.717) is 18.4 Å². The standard InChI is InChI=1S/C23H26N2O2/c26-22(27)25-15-12-17-6-4-5-9-20(17)23(25,19-7-2-1-3-8-19)21-16-24-13-10-18(21)11-14-24/h1-9,18,21H,10-16H2,(H,26,27)/t21-,23-/m0/s1. The van der Waals surface area contributed by atoms with Gasteiger partial charge in [-0.25, -0.2) is 4.79 Å². The highest BCUT2D eigenvalue weighted by molar-refractivity contribution is 5.70. The number of hydrogen-bond donors (Lipinski definition) is 1. The molecule has 0 saturated carbocycles. The highest BCUT2D eigenvalue weighted by Crippen LogP contribution is 2.52. The molecule has 2 bridgehead atoms. The summed E-state index contributed by atoms with van der Waals surface area (Å²) in [6.07, 6.45) is 2.34. The molecule has 3 fully saturated rings. The first-order valence-electron chi connectivity index (χ1n) is 10.1. The average molecular weight is 362 g/mol. The van der Waals surface area contributed by atoms with Crippen LogP contribution in [0.25, 0.3) is 0 Å². The van der Waals surface area contributed by atoms with Crippen molar-refractivity contribution in [1.82, 2.24) is 9.80 Å². The minimum Gasteiger partial charge on any atom is -0.465 e. The van der Waals surface area contributed by atoms with Gasteiger partial charge in [-0.2, -0.15) is 0 Å². The summed E-state index contributed by atoms with van der Waals surface area (Å²) in [5, 5.41) is 10.3. The highest BCUT2D eigenvalue weighted by atomic mass is 16.4. The van der Waals surface area contributed by atoms with Crippen molar-refractivity contribution in [1.29, 1.82) is 0 Å². The van der Waals surface area contributed by atoms with Crippen molar-refractivity contribution in [3.8, 4) is 0 Å². The summed E-state index contributed by atoms with van der Waals surface area (Å²) < 4.78 is 0. The van der Waals surface area contributed by atoms with Gasteiger partial charge in [-0.3, -0.25) is 4.90 Å². The van der Waals surface area contributed by atoms with E-state index in [1.165, 1.54) is 24.0 Å². The summed E-state index contributed by atoms with van der Waals surface area (Å²) in [6.45, 7) is 3.85. The lowest BCUT2D eigenvalue weighted by Gasteiger charge is -2.58. The zero-order chi connectivity index (χ0) is 18.4. The third-order valence-electron chi connectivity index (χ3n) is 7.10. The minimum atomic E-state index is -0.801. The molecule has 0 unspecified atom stereocenters. The summed E-state index contributed by atoms with van der Waals surface area (Å²) in [5.41, 5.74) is 3.03. The predicted octanol–water partition coefficient (Wildman–Crippen LogP) is 3.81.